The Labute approximate surface area is 225 Å². The molecular weight excluding hydrogens is 502 g/mol. The number of nitrogens with zero attached hydrogens (tertiary/aromatic N) is 2. The predicted molar refractivity (Wildman–Crippen MR) is 145 cm³/mol. The van der Waals surface area contributed by atoms with E-state index in [0.29, 0.717) is 17.2 Å². The second-order valence-electron chi connectivity index (χ2n) is 10.3. The third-order valence-corrected chi connectivity index (χ3v) is 7.34. The zero-order valence-corrected chi connectivity index (χ0v) is 21.7. The number of halogens is 2. The van der Waals surface area contributed by atoms with E-state index in [0.717, 1.165) is 79.5 Å². The first-order valence-corrected chi connectivity index (χ1v) is 13.3. The maximum Gasteiger partial charge on any atom is 0.251 e. The Kier molecular flexibility index (Phi) is 6.91. The molecular formula is C30H30F2N4O3. The average molecular weight is 533 g/mol. The van der Waals surface area contributed by atoms with Crippen LogP contribution < -0.4 is 15.4 Å². The number of ether oxygens (including phenoxy) is 2. The first-order valence-electron chi connectivity index (χ1n) is 13.3. The van der Waals surface area contributed by atoms with Crippen molar-refractivity contribution in [3.05, 3.63) is 77.6 Å². The third kappa shape index (κ3) is 5.45. The number of imidazole rings is 1. The van der Waals surface area contributed by atoms with Crippen LogP contribution in [0.15, 0.2) is 54.9 Å². The van der Waals surface area contributed by atoms with Crippen LogP contribution in [0.4, 0.5) is 14.5 Å². The van der Waals surface area contributed by atoms with E-state index in [-0.39, 0.29) is 17.7 Å². The molecule has 1 aromatic heterocycles. The highest BCUT2D eigenvalue weighted by Crippen LogP contribution is 2.34. The molecule has 9 heteroatoms. The lowest BCUT2D eigenvalue weighted by atomic mass is 10.0. The zero-order valence-electron chi connectivity index (χ0n) is 21.7. The summed E-state index contributed by atoms with van der Waals surface area (Å²) in [6, 6.07) is 13.3. The number of carbonyl (C=O) groups is 1. The zero-order chi connectivity index (χ0) is 26.9. The molecule has 0 atom stereocenters. The van der Waals surface area contributed by atoms with Gasteiger partial charge in [0.25, 0.3) is 5.91 Å². The molecule has 0 spiro atoms. The number of fused-ring (bicyclic) bond motifs is 1. The van der Waals surface area contributed by atoms with Crippen LogP contribution in [-0.2, 0) is 4.74 Å². The van der Waals surface area contributed by atoms with Crippen LogP contribution >= 0.6 is 0 Å². The molecule has 2 heterocycles. The van der Waals surface area contributed by atoms with Crippen LogP contribution in [0, 0.1) is 24.5 Å². The minimum Gasteiger partial charge on any atom is -0.454 e. The predicted octanol–water partition coefficient (Wildman–Crippen LogP) is 6.14. The van der Waals surface area contributed by atoms with Crippen molar-refractivity contribution in [1.29, 1.82) is 0 Å². The van der Waals surface area contributed by atoms with Gasteiger partial charge in [0.1, 0.15) is 17.6 Å². The van der Waals surface area contributed by atoms with Crippen LogP contribution in [0.1, 0.15) is 41.6 Å². The molecule has 39 heavy (non-hydrogen) atoms. The fraction of sp³-hybridized carbons (Fsp3) is 0.333. The molecule has 1 aliphatic heterocycles. The van der Waals surface area contributed by atoms with E-state index in [1.54, 1.807) is 18.5 Å². The Morgan fingerprint density at radius 3 is 2.69 bits per heavy atom. The Morgan fingerprint density at radius 2 is 1.92 bits per heavy atom. The summed E-state index contributed by atoms with van der Waals surface area (Å²) in [5.74, 6) is -1.48. The van der Waals surface area contributed by atoms with E-state index in [9.17, 15) is 13.6 Å². The van der Waals surface area contributed by atoms with Gasteiger partial charge in [-0.1, -0.05) is 6.07 Å². The summed E-state index contributed by atoms with van der Waals surface area (Å²) in [7, 11) is 0. The van der Waals surface area contributed by atoms with Gasteiger partial charge in [0.05, 0.1) is 11.2 Å². The standard InChI is InChI=1S/C30H30F2N4O3/c1-18-13-21(7-8-23(18)30(37)35-20-5-6-20)36-17-34-29-25(33-16-19-9-11-38-12-10-19)14-22(15-26(29)36)39-27-4-2-3-24(31)28(27)32/h2-4,7-8,13-15,17,19-20,33H,5-6,9-12,16H2,1H3,(H,35,37). The summed E-state index contributed by atoms with van der Waals surface area (Å²) in [6.07, 6.45) is 5.71. The highest BCUT2D eigenvalue weighted by Gasteiger charge is 2.24. The molecule has 1 saturated heterocycles. The fourth-order valence-electron chi connectivity index (χ4n) is 4.93. The summed E-state index contributed by atoms with van der Waals surface area (Å²) in [6.45, 7) is 4.12. The molecule has 6 rings (SSSR count). The number of hydrogen-bond acceptors (Lipinski definition) is 5. The number of anilines is 1. The molecule has 2 fully saturated rings. The normalized spacial score (nSPS) is 15.9. The molecule has 0 radical (unpaired) electrons. The highest BCUT2D eigenvalue weighted by atomic mass is 19.2. The van der Waals surface area contributed by atoms with Gasteiger partial charge < -0.3 is 20.1 Å². The maximum atomic E-state index is 14.4. The summed E-state index contributed by atoms with van der Waals surface area (Å²) < 4.78 is 41.5. The monoisotopic (exact) mass is 532 g/mol. The van der Waals surface area contributed by atoms with E-state index in [4.69, 9.17) is 9.47 Å². The lowest BCUT2D eigenvalue weighted by molar-refractivity contribution is 0.0699. The van der Waals surface area contributed by atoms with Crippen molar-refractivity contribution in [3.8, 4) is 17.2 Å². The van der Waals surface area contributed by atoms with Crippen LogP contribution in [0.2, 0.25) is 0 Å². The van der Waals surface area contributed by atoms with E-state index in [1.165, 1.54) is 12.1 Å². The van der Waals surface area contributed by atoms with Crippen molar-refractivity contribution in [1.82, 2.24) is 14.9 Å². The van der Waals surface area contributed by atoms with Gasteiger partial charge in [-0.2, -0.15) is 4.39 Å². The van der Waals surface area contributed by atoms with Crippen molar-refractivity contribution in [2.45, 2.75) is 38.6 Å². The first kappa shape index (κ1) is 25.3. The van der Waals surface area contributed by atoms with Gasteiger partial charge in [-0.25, -0.2) is 9.37 Å². The highest BCUT2D eigenvalue weighted by molar-refractivity contribution is 5.96. The Hall–Kier alpha value is -3.98. The Bertz CT molecular complexity index is 1530. The smallest absolute Gasteiger partial charge is 0.251 e. The van der Waals surface area contributed by atoms with Crippen molar-refractivity contribution >= 4 is 22.6 Å². The summed E-state index contributed by atoms with van der Waals surface area (Å²) in [5, 5.41) is 6.54. The van der Waals surface area contributed by atoms with Gasteiger partial charge in [-0.3, -0.25) is 9.36 Å². The molecule has 1 saturated carbocycles. The minimum absolute atomic E-state index is 0.0653. The number of aromatic nitrogens is 2. The molecule has 1 amide bonds. The van der Waals surface area contributed by atoms with Gasteiger partial charge in [0.15, 0.2) is 11.6 Å². The second-order valence-corrected chi connectivity index (χ2v) is 10.3. The molecule has 0 bridgehead atoms. The van der Waals surface area contributed by atoms with Crippen molar-refractivity contribution in [2.24, 2.45) is 5.92 Å². The van der Waals surface area contributed by atoms with Crippen LogP contribution in [0.25, 0.3) is 16.7 Å². The van der Waals surface area contributed by atoms with Crippen LogP contribution in [-0.4, -0.2) is 41.3 Å². The molecule has 4 aromatic rings. The Morgan fingerprint density at radius 1 is 1.10 bits per heavy atom. The molecule has 7 nitrogen and oxygen atoms in total. The lowest BCUT2D eigenvalue weighted by Gasteiger charge is -2.23. The molecule has 2 aliphatic rings. The number of hydrogen-bond donors (Lipinski definition) is 2. The largest absolute Gasteiger partial charge is 0.454 e. The van der Waals surface area contributed by atoms with E-state index >= 15 is 0 Å². The maximum absolute atomic E-state index is 14.4. The van der Waals surface area contributed by atoms with E-state index < -0.39 is 11.6 Å². The number of aryl methyl sites for hydroxylation is 1. The van der Waals surface area contributed by atoms with Crippen LogP contribution in [0.3, 0.4) is 0 Å². The van der Waals surface area contributed by atoms with Gasteiger partial charge in [0.2, 0.25) is 5.82 Å². The quantitative estimate of drug-likeness (QED) is 0.285. The molecule has 202 valence electrons. The average Bonchev–Trinajstić information content (AvgIpc) is 3.65. The molecule has 1 aliphatic carbocycles. The van der Waals surface area contributed by atoms with Gasteiger partial charge in [-0.05, 0) is 74.4 Å². The van der Waals surface area contributed by atoms with Crippen molar-refractivity contribution in [3.63, 3.8) is 0 Å². The number of nitrogens with one attached hydrogen (secondary N) is 2. The Balaban J connectivity index is 1.36. The third-order valence-electron chi connectivity index (χ3n) is 7.34. The summed E-state index contributed by atoms with van der Waals surface area (Å²) in [5.41, 5.74) is 4.50. The van der Waals surface area contributed by atoms with Crippen LogP contribution in [0.5, 0.6) is 11.5 Å². The number of rotatable bonds is 8. The lowest BCUT2D eigenvalue weighted by Crippen LogP contribution is -2.26. The minimum atomic E-state index is -1.04. The molecule has 0 unspecified atom stereocenters. The van der Waals surface area contributed by atoms with Crippen molar-refractivity contribution < 1.29 is 23.0 Å². The van der Waals surface area contributed by atoms with Gasteiger partial charge in [0, 0.05) is 49.2 Å². The van der Waals surface area contributed by atoms with E-state index in [1.807, 2.05) is 29.7 Å². The first-order chi connectivity index (χ1) is 19.0. The molecule has 3 aromatic carbocycles. The summed E-state index contributed by atoms with van der Waals surface area (Å²) >= 11 is 0. The number of benzene rings is 3. The SMILES string of the molecule is Cc1cc(-n2cnc3c(NCC4CCOCC4)cc(Oc4cccc(F)c4F)cc32)ccc1C(=O)NC1CC1. The fourth-order valence-corrected chi connectivity index (χ4v) is 4.93. The number of carbonyl (C=O) groups excluding carboxylic acids is 1. The van der Waals surface area contributed by atoms with Gasteiger partial charge in [-0.15, -0.1) is 0 Å². The second kappa shape index (κ2) is 10.6. The number of amides is 1. The van der Waals surface area contributed by atoms with E-state index in [2.05, 4.69) is 15.6 Å². The topological polar surface area (TPSA) is 77.4 Å². The van der Waals surface area contributed by atoms with Crippen molar-refractivity contribution in [2.75, 3.05) is 25.1 Å². The molecule has 2 N–H and O–H groups in total. The van der Waals surface area contributed by atoms with Gasteiger partial charge >= 0.3 is 0 Å². The summed E-state index contributed by atoms with van der Waals surface area (Å²) in [4.78, 5) is 17.3.